The number of benzene rings is 2. The smallest absolute Gasteiger partial charge is 0.254 e. The van der Waals surface area contributed by atoms with Crippen LogP contribution in [-0.2, 0) is 0 Å². The number of methoxy groups -OCH3 is 1. The zero-order valence-corrected chi connectivity index (χ0v) is 11.5. The average molecular weight is 289 g/mol. The van der Waals surface area contributed by atoms with Crippen molar-refractivity contribution in [1.29, 1.82) is 0 Å². The second-order valence-electron chi connectivity index (χ2n) is 4.45. The highest BCUT2D eigenvalue weighted by molar-refractivity contribution is 5.94. The Labute approximate surface area is 122 Å². The van der Waals surface area contributed by atoms with Crippen molar-refractivity contribution in [2.45, 2.75) is 6.10 Å². The van der Waals surface area contributed by atoms with Gasteiger partial charge in [0.15, 0.2) is 0 Å². The normalized spacial score (nSPS) is 11.8. The second kappa shape index (κ2) is 6.85. The predicted molar refractivity (Wildman–Crippen MR) is 76.7 cm³/mol. The zero-order chi connectivity index (χ0) is 15.2. The minimum absolute atomic E-state index is 0.0342. The molecule has 0 aliphatic heterocycles. The Hall–Kier alpha value is -2.40. The van der Waals surface area contributed by atoms with Gasteiger partial charge in [0.1, 0.15) is 11.6 Å². The lowest BCUT2D eigenvalue weighted by atomic mass is 10.1. The van der Waals surface area contributed by atoms with E-state index in [1.165, 1.54) is 25.3 Å². The number of halogens is 1. The molecule has 0 saturated carbocycles. The third kappa shape index (κ3) is 3.58. The molecule has 2 aromatic carbocycles. The highest BCUT2D eigenvalue weighted by atomic mass is 19.1. The van der Waals surface area contributed by atoms with E-state index in [2.05, 4.69) is 5.32 Å². The van der Waals surface area contributed by atoms with E-state index in [-0.39, 0.29) is 12.1 Å². The maximum atomic E-state index is 13.5. The van der Waals surface area contributed by atoms with Crippen molar-refractivity contribution in [1.82, 2.24) is 5.32 Å². The topological polar surface area (TPSA) is 58.6 Å². The lowest BCUT2D eigenvalue weighted by Gasteiger charge is -2.15. The first-order valence-corrected chi connectivity index (χ1v) is 6.47. The molecule has 1 atom stereocenters. The molecule has 1 amide bonds. The van der Waals surface area contributed by atoms with Gasteiger partial charge in [0.05, 0.1) is 18.8 Å². The highest BCUT2D eigenvalue weighted by Gasteiger charge is 2.16. The molecule has 0 fully saturated rings. The van der Waals surface area contributed by atoms with Gasteiger partial charge in [0.2, 0.25) is 0 Å². The fraction of sp³-hybridized carbons (Fsp3) is 0.188. The molecule has 0 spiro atoms. The number of ether oxygens (including phenoxy) is 1. The van der Waals surface area contributed by atoms with Gasteiger partial charge in [-0.2, -0.15) is 0 Å². The summed E-state index contributed by atoms with van der Waals surface area (Å²) in [7, 11) is 1.50. The van der Waals surface area contributed by atoms with Crippen LogP contribution in [0.15, 0.2) is 48.5 Å². The maximum Gasteiger partial charge on any atom is 0.254 e. The zero-order valence-electron chi connectivity index (χ0n) is 11.5. The number of nitrogens with one attached hydrogen (secondary N) is 1. The summed E-state index contributed by atoms with van der Waals surface area (Å²) in [6, 6.07) is 12.7. The third-order valence-corrected chi connectivity index (χ3v) is 3.07. The summed E-state index contributed by atoms with van der Waals surface area (Å²) < 4.78 is 18.6. The summed E-state index contributed by atoms with van der Waals surface area (Å²) >= 11 is 0. The van der Waals surface area contributed by atoms with Crippen molar-refractivity contribution in [3.8, 4) is 5.75 Å². The number of para-hydroxylation sites is 1. The Morgan fingerprint density at radius 3 is 2.62 bits per heavy atom. The summed E-state index contributed by atoms with van der Waals surface area (Å²) in [5, 5.41) is 12.6. The van der Waals surface area contributed by atoms with E-state index in [4.69, 9.17) is 4.74 Å². The number of rotatable bonds is 5. The molecule has 0 bridgehead atoms. The van der Waals surface area contributed by atoms with Gasteiger partial charge in [0, 0.05) is 12.1 Å². The molecule has 21 heavy (non-hydrogen) atoms. The van der Waals surface area contributed by atoms with Gasteiger partial charge in [-0.3, -0.25) is 4.79 Å². The van der Waals surface area contributed by atoms with Gasteiger partial charge in [-0.1, -0.05) is 30.3 Å². The molecular weight excluding hydrogens is 273 g/mol. The van der Waals surface area contributed by atoms with Crippen molar-refractivity contribution in [2.24, 2.45) is 0 Å². The second-order valence-corrected chi connectivity index (χ2v) is 4.45. The first-order valence-electron chi connectivity index (χ1n) is 6.47. The van der Waals surface area contributed by atoms with Crippen LogP contribution in [0.1, 0.15) is 22.0 Å². The molecular formula is C16H16FNO3. The molecule has 2 N–H and O–H groups in total. The van der Waals surface area contributed by atoms with Gasteiger partial charge in [-0.15, -0.1) is 0 Å². The summed E-state index contributed by atoms with van der Waals surface area (Å²) in [6.07, 6.45) is -0.933. The largest absolute Gasteiger partial charge is 0.496 e. The quantitative estimate of drug-likeness (QED) is 0.888. The van der Waals surface area contributed by atoms with Crippen LogP contribution in [0.3, 0.4) is 0 Å². The minimum Gasteiger partial charge on any atom is -0.496 e. The Balaban J connectivity index is 2.03. The van der Waals surface area contributed by atoms with E-state index in [0.717, 1.165) is 0 Å². The van der Waals surface area contributed by atoms with Crippen LogP contribution in [0.5, 0.6) is 5.75 Å². The fourth-order valence-electron chi connectivity index (χ4n) is 1.98. The summed E-state index contributed by atoms with van der Waals surface area (Å²) in [6.45, 7) is -0.0342. The molecule has 0 radical (unpaired) electrons. The SMILES string of the molecule is COc1ccccc1C(O)CNC(=O)c1ccccc1F. The third-order valence-electron chi connectivity index (χ3n) is 3.07. The summed E-state index contributed by atoms with van der Waals surface area (Å²) in [5.41, 5.74) is 0.513. The van der Waals surface area contributed by atoms with Crippen molar-refractivity contribution in [2.75, 3.05) is 13.7 Å². The summed E-state index contributed by atoms with van der Waals surface area (Å²) in [5.74, 6) is -0.631. The molecule has 5 heteroatoms. The van der Waals surface area contributed by atoms with Crippen LogP contribution in [0, 0.1) is 5.82 Å². The van der Waals surface area contributed by atoms with Crippen LogP contribution in [0.25, 0.3) is 0 Å². The van der Waals surface area contributed by atoms with Gasteiger partial charge in [-0.05, 0) is 18.2 Å². The van der Waals surface area contributed by atoms with Gasteiger partial charge in [-0.25, -0.2) is 4.39 Å². The maximum absolute atomic E-state index is 13.5. The van der Waals surface area contributed by atoms with Crippen molar-refractivity contribution < 1.29 is 19.0 Å². The fourth-order valence-corrected chi connectivity index (χ4v) is 1.98. The molecule has 4 nitrogen and oxygen atoms in total. The minimum atomic E-state index is -0.933. The van der Waals surface area contributed by atoms with Crippen molar-refractivity contribution >= 4 is 5.91 Å². The van der Waals surface area contributed by atoms with Crippen LogP contribution < -0.4 is 10.1 Å². The molecule has 1 unspecified atom stereocenters. The average Bonchev–Trinajstić information content (AvgIpc) is 2.52. The van der Waals surface area contributed by atoms with Gasteiger partial charge < -0.3 is 15.2 Å². The number of hydrogen-bond donors (Lipinski definition) is 2. The number of hydrogen-bond acceptors (Lipinski definition) is 3. The first kappa shape index (κ1) is 15.0. The molecule has 110 valence electrons. The van der Waals surface area contributed by atoms with Gasteiger partial charge in [0.25, 0.3) is 5.91 Å². The van der Waals surface area contributed by atoms with Crippen molar-refractivity contribution in [3.63, 3.8) is 0 Å². The highest BCUT2D eigenvalue weighted by Crippen LogP contribution is 2.24. The predicted octanol–water partition coefficient (Wildman–Crippen LogP) is 2.30. The van der Waals surface area contributed by atoms with Crippen LogP contribution >= 0.6 is 0 Å². The van der Waals surface area contributed by atoms with E-state index >= 15 is 0 Å². The molecule has 0 heterocycles. The number of aliphatic hydroxyl groups is 1. The van der Waals surface area contributed by atoms with E-state index in [1.54, 1.807) is 30.3 Å². The molecule has 0 aromatic heterocycles. The molecule has 0 aliphatic carbocycles. The number of carbonyl (C=O) groups excluding carboxylic acids is 1. The van der Waals surface area contributed by atoms with E-state index in [9.17, 15) is 14.3 Å². The number of carbonyl (C=O) groups is 1. The Bertz CT molecular complexity index is 630. The van der Waals surface area contributed by atoms with E-state index < -0.39 is 17.8 Å². The van der Waals surface area contributed by atoms with E-state index in [1.807, 2.05) is 0 Å². The monoisotopic (exact) mass is 289 g/mol. The van der Waals surface area contributed by atoms with Gasteiger partial charge >= 0.3 is 0 Å². The first-order chi connectivity index (χ1) is 10.1. The lowest BCUT2D eigenvalue weighted by Crippen LogP contribution is -2.29. The van der Waals surface area contributed by atoms with Crippen LogP contribution in [-0.4, -0.2) is 24.7 Å². The van der Waals surface area contributed by atoms with Crippen LogP contribution in [0.2, 0.25) is 0 Å². The number of aliphatic hydroxyl groups excluding tert-OH is 1. The molecule has 0 aliphatic rings. The Morgan fingerprint density at radius 1 is 1.24 bits per heavy atom. The summed E-state index contributed by atoms with van der Waals surface area (Å²) in [4.78, 5) is 11.9. The standard InChI is InChI=1S/C16H16FNO3/c1-21-15-9-5-3-7-12(15)14(19)10-18-16(20)11-6-2-4-8-13(11)17/h2-9,14,19H,10H2,1H3,(H,18,20). The Kier molecular flexibility index (Phi) is 4.90. The molecule has 0 saturated heterocycles. The van der Waals surface area contributed by atoms with E-state index in [0.29, 0.717) is 11.3 Å². The lowest BCUT2D eigenvalue weighted by molar-refractivity contribution is 0.0910. The molecule has 2 aromatic rings. The molecule has 2 rings (SSSR count). The van der Waals surface area contributed by atoms with Crippen molar-refractivity contribution in [3.05, 3.63) is 65.5 Å². The Morgan fingerprint density at radius 2 is 1.90 bits per heavy atom. The van der Waals surface area contributed by atoms with Crippen LogP contribution in [0.4, 0.5) is 4.39 Å². The number of amides is 1.